The van der Waals surface area contributed by atoms with Crippen LogP contribution >= 0.6 is 39.1 Å². The third-order valence-electron chi connectivity index (χ3n) is 0.284. The minimum atomic E-state index is -0.0463. The highest BCUT2D eigenvalue weighted by atomic mass is 79.9. The first-order valence-corrected chi connectivity index (χ1v) is 2.89. The summed E-state index contributed by atoms with van der Waals surface area (Å²) in [6, 6.07) is 0. The van der Waals surface area contributed by atoms with E-state index in [0.29, 0.717) is 6.29 Å². The second-order valence-electron chi connectivity index (χ2n) is 0.726. The van der Waals surface area contributed by atoms with Crippen LogP contribution in [0, 0.1) is 0 Å². The quantitative estimate of drug-likeness (QED) is 0.472. The molecule has 0 saturated carbocycles. The van der Waals surface area contributed by atoms with Crippen molar-refractivity contribution in [2.75, 3.05) is 0 Å². The normalized spacial score (nSPS) is 7.86. The molecule has 0 unspecified atom stereocenters. The van der Waals surface area contributed by atoms with E-state index in [-0.39, 0.29) is 8.97 Å². The van der Waals surface area contributed by atoms with Crippen LogP contribution in [-0.4, -0.2) is 6.29 Å². The van der Waals surface area contributed by atoms with Gasteiger partial charge < -0.3 is 0 Å². The number of rotatable bonds is 1. The van der Waals surface area contributed by atoms with Crippen LogP contribution in [0.2, 0.25) is 0 Å². The minimum absolute atomic E-state index is 0.0463. The average Bonchev–Trinajstić information content (AvgIpc) is 1.65. The summed E-state index contributed by atoms with van der Waals surface area (Å²) in [5, 5.41) is 0. The molecule has 0 heterocycles. The molecule has 0 aromatic heterocycles. The summed E-state index contributed by atoms with van der Waals surface area (Å²) in [6.07, 6.45) is 0.523. The van der Waals surface area contributed by atoms with E-state index in [0.717, 1.165) is 0 Å². The highest BCUT2D eigenvalue weighted by Crippen LogP contribution is 2.16. The summed E-state index contributed by atoms with van der Waals surface area (Å²) in [5.41, 5.74) is 0. The maximum atomic E-state index is 9.67. The molecule has 0 aromatic rings. The van der Waals surface area contributed by atoms with Crippen LogP contribution in [0.4, 0.5) is 0 Å². The Morgan fingerprint density at radius 3 is 2.00 bits per heavy atom. The van der Waals surface area contributed by atoms with E-state index in [4.69, 9.17) is 23.2 Å². The zero-order valence-electron chi connectivity index (χ0n) is 3.12. The third kappa shape index (κ3) is 3.09. The molecule has 0 bridgehead atoms. The van der Waals surface area contributed by atoms with Crippen LogP contribution in [-0.2, 0) is 4.79 Å². The third-order valence-corrected chi connectivity index (χ3v) is 1.73. The lowest BCUT2D eigenvalue weighted by Crippen LogP contribution is -1.68. The van der Waals surface area contributed by atoms with Gasteiger partial charge in [-0.3, -0.25) is 4.79 Å². The first-order valence-electron chi connectivity index (χ1n) is 1.34. The maximum Gasteiger partial charge on any atom is 0.159 e. The summed E-state index contributed by atoms with van der Waals surface area (Å²) in [7, 11) is 0. The van der Waals surface area contributed by atoms with Crippen LogP contribution in [0.5, 0.6) is 0 Å². The Morgan fingerprint density at radius 1 is 1.57 bits per heavy atom. The van der Waals surface area contributed by atoms with Crippen molar-refractivity contribution in [1.29, 1.82) is 0 Å². The molecule has 1 nitrogen and oxygen atoms in total. The number of carbonyl (C=O) groups is 1. The molecule has 0 aliphatic rings. The lowest BCUT2D eigenvalue weighted by molar-refractivity contribution is -0.104. The molecule has 4 heteroatoms. The molecule has 0 rings (SSSR count). The van der Waals surface area contributed by atoms with Gasteiger partial charge in [-0.1, -0.05) is 23.2 Å². The Morgan fingerprint density at radius 2 is 2.00 bits per heavy atom. The van der Waals surface area contributed by atoms with Crippen LogP contribution in [0.1, 0.15) is 0 Å². The Bertz CT molecular complexity index is 106. The van der Waals surface area contributed by atoms with E-state index in [1.807, 2.05) is 0 Å². The van der Waals surface area contributed by atoms with Gasteiger partial charge in [0.1, 0.15) is 4.49 Å². The zero-order chi connectivity index (χ0) is 5.86. The van der Waals surface area contributed by atoms with Gasteiger partial charge in [-0.15, -0.1) is 0 Å². The van der Waals surface area contributed by atoms with Gasteiger partial charge in [-0.05, 0) is 15.9 Å². The van der Waals surface area contributed by atoms with Crippen LogP contribution in [0.15, 0.2) is 8.97 Å². The van der Waals surface area contributed by atoms with E-state index in [1.165, 1.54) is 0 Å². The van der Waals surface area contributed by atoms with Gasteiger partial charge in [-0.25, -0.2) is 0 Å². The van der Waals surface area contributed by atoms with Crippen LogP contribution < -0.4 is 0 Å². The molecular formula is C3HBrCl2O. The molecule has 0 amide bonds. The highest BCUT2D eigenvalue weighted by Gasteiger charge is 1.91. The topological polar surface area (TPSA) is 17.1 Å². The molecule has 0 saturated heterocycles. The molecular weight excluding hydrogens is 203 g/mol. The lowest BCUT2D eigenvalue weighted by Gasteiger charge is -1.78. The van der Waals surface area contributed by atoms with Gasteiger partial charge in [0.2, 0.25) is 0 Å². The Hall–Kier alpha value is 0.470. The molecule has 40 valence electrons. The van der Waals surface area contributed by atoms with Gasteiger partial charge >= 0.3 is 0 Å². The van der Waals surface area contributed by atoms with E-state index < -0.39 is 0 Å². The summed E-state index contributed by atoms with van der Waals surface area (Å²) < 4.78 is 0.130. The van der Waals surface area contributed by atoms with Crippen molar-refractivity contribution in [1.82, 2.24) is 0 Å². The zero-order valence-corrected chi connectivity index (χ0v) is 6.22. The number of aldehydes is 1. The molecule has 0 aliphatic heterocycles. The van der Waals surface area contributed by atoms with E-state index in [9.17, 15) is 4.79 Å². The molecule has 7 heavy (non-hydrogen) atoms. The Balaban J connectivity index is 3.98. The average molecular weight is 204 g/mol. The number of halogens is 3. The van der Waals surface area contributed by atoms with Gasteiger partial charge in [-0.2, -0.15) is 0 Å². The predicted octanol–water partition coefficient (Wildman–Crippen LogP) is 2.23. The largest absolute Gasteiger partial charge is 0.297 e. The van der Waals surface area contributed by atoms with Crippen LogP contribution in [0.3, 0.4) is 0 Å². The van der Waals surface area contributed by atoms with Crippen molar-refractivity contribution in [3.63, 3.8) is 0 Å². The first kappa shape index (κ1) is 7.47. The molecule has 0 radical (unpaired) electrons. The van der Waals surface area contributed by atoms with Gasteiger partial charge in [0.25, 0.3) is 0 Å². The number of carbonyl (C=O) groups excluding carboxylic acids is 1. The maximum absolute atomic E-state index is 9.67. The fraction of sp³-hybridized carbons (Fsp3) is 0. The smallest absolute Gasteiger partial charge is 0.159 e. The summed E-state index contributed by atoms with van der Waals surface area (Å²) in [4.78, 5) is 9.67. The summed E-state index contributed by atoms with van der Waals surface area (Å²) in [5.74, 6) is 0. The van der Waals surface area contributed by atoms with E-state index >= 15 is 0 Å². The molecule has 0 spiro atoms. The number of allylic oxidation sites excluding steroid dienone is 1. The van der Waals surface area contributed by atoms with Crippen LogP contribution in [0.25, 0.3) is 0 Å². The minimum Gasteiger partial charge on any atom is -0.297 e. The first-order chi connectivity index (χ1) is 3.18. The number of hydrogen-bond acceptors (Lipinski definition) is 1. The second kappa shape index (κ2) is 3.47. The molecule has 0 atom stereocenters. The Labute approximate surface area is 59.4 Å². The van der Waals surface area contributed by atoms with Crippen molar-refractivity contribution in [2.45, 2.75) is 0 Å². The lowest BCUT2D eigenvalue weighted by atomic mass is 10.7. The van der Waals surface area contributed by atoms with Crippen molar-refractivity contribution >= 4 is 45.4 Å². The Kier molecular flexibility index (Phi) is 3.70. The standard InChI is InChI=1S/C3HBrCl2O/c4-2(1-7)3(5)6/h1H. The van der Waals surface area contributed by atoms with Gasteiger partial charge in [0.15, 0.2) is 6.29 Å². The fourth-order valence-corrected chi connectivity index (χ4v) is 0.134. The van der Waals surface area contributed by atoms with Crippen molar-refractivity contribution in [2.24, 2.45) is 0 Å². The monoisotopic (exact) mass is 202 g/mol. The van der Waals surface area contributed by atoms with Gasteiger partial charge in [0, 0.05) is 0 Å². The highest BCUT2D eigenvalue weighted by molar-refractivity contribution is 9.12. The van der Waals surface area contributed by atoms with E-state index in [1.54, 1.807) is 0 Å². The molecule has 0 fully saturated rings. The van der Waals surface area contributed by atoms with Crippen molar-refractivity contribution in [3.8, 4) is 0 Å². The predicted molar refractivity (Wildman–Crippen MR) is 33.7 cm³/mol. The SMILES string of the molecule is O=CC(Br)=C(Cl)Cl. The fourth-order valence-electron chi connectivity index (χ4n) is 0.0445. The summed E-state index contributed by atoms with van der Waals surface area (Å²) in [6.45, 7) is 0. The number of hydrogen-bond donors (Lipinski definition) is 0. The molecule has 0 aromatic carbocycles. The second-order valence-corrected chi connectivity index (χ2v) is 2.53. The van der Waals surface area contributed by atoms with Crippen molar-refractivity contribution < 1.29 is 4.79 Å². The van der Waals surface area contributed by atoms with Gasteiger partial charge in [0.05, 0.1) is 4.48 Å². The van der Waals surface area contributed by atoms with Crippen molar-refractivity contribution in [3.05, 3.63) is 8.97 Å². The van der Waals surface area contributed by atoms with E-state index in [2.05, 4.69) is 15.9 Å². The summed E-state index contributed by atoms with van der Waals surface area (Å²) >= 11 is 13.0. The molecule has 0 N–H and O–H groups in total. The molecule has 0 aliphatic carbocycles.